The molecule has 1 N–H and O–H groups in total. The van der Waals surface area contributed by atoms with Gasteiger partial charge in [-0.1, -0.05) is 20.3 Å². The third kappa shape index (κ3) is 2.97. The molecule has 3 rings (SSSR count). The molecule has 1 aromatic carbocycles. The van der Waals surface area contributed by atoms with Crippen LogP contribution in [-0.2, 0) is 15.4 Å². The van der Waals surface area contributed by atoms with Gasteiger partial charge >= 0.3 is 0 Å². The highest BCUT2D eigenvalue weighted by Gasteiger charge is 2.33. The van der Waals surface area contributed by atoms with Crippen LogP contribution in [0.4, 0.5) is 0 Å². The molecule has 0 bridgehead atoms. The Kier molecular flexibility index (Phi) is 3.67. The first kappa shape index (κ1) is 15.3. The third-order valence-corrected chi connectivity index (χ3v) is 5.89. The largest absolute Gasteiger partial charge is 0.492 e. The minimum atomic E-state index is -3.56. The second-order valence-electron chi connectivity index (χ2n) is 6.89. The maximum Gasteiger partial charge on any atom is 0.264 e. The van der Waals surface area contributed by atoms with Crippen LogP contribution >= 0.6 is 0 Å². The highest BCUT2D eigenvalue weighted by Crippen LogP contribution is 2.38. The monoisotopic (exact) mass is 323 g/mol. The highest BCUT2D eigenvalue weighted by atomic mass is 32.2. The smallest absolute Gasteiger partial charge is 0.264 e. The topological polar surface area (TPSA) is 72.5 Å². The molecule has 6 heteroatoms. The van der Waals surface area contributed by atoms with Crippen molar-refractivity contribution in [3.8, 4) is 5.75 Å². The molecule has 1 aliphatic carbocycles. The van der Waals surface area contributed by atoms with Crippen molar-refractivity contribution in [3.63, 3.8) is 0 Å². The Labute approximate surface area is 131 Å². The second kappa shape index (κ2) is 5.26. The van der Waals surface area contributed by atoms with Crippen molar-refractivity contribution in [1.29, 1.82) is 0 Å². The number of amides is 1. The summed E-state index contributed by atoms with van der Waals surface area (Å²) in [6.07, 6.45) is 2.94. The fourth-order valence-electron chi connectivity index (χ4n) is 2.87. The molecule has 120 valence electrons. The normalized spacial score (nSPS) is 19.9. The molecule has 1 heterocycles. The Hall–Kier alpha value is -1.56. The van der Waals surface area contributed by atoms with E-state index in [9.17, 15) is 13.2 Å². The molecule has 0 atom stereocenters. The number of nitrogens with one attached hydrogen (secondary N) is 1. The maximum atomic E-state index is 12.2. The third-order valence-electron chi connectivity index (χ3n) is 4.49. The average molecular weight is 323 g/mol. The Bertz CT molecular complexity index is 705. The predicted octanol–water partition coefficient (Wildman–Crippen LogP) is 2.22. The second-order valence-corrected chi connectivity index (χ2v) is 8.66. The summed E-state index contributed by atoms with van der Waals surface area (Å²) in [5, 5.41) is 0. The number of hydrogen-bond donors (Lipinski definition) is 1. The molecule has 22 heavy (non-hydrogen) atoms. The number of ether oxygens (including phenoxy) is 1. The zero-order chi connectivity index (χ0) is 16.0. The first-order valence-electron chi connectivity index (χ1n) is 7.59. The van der Waals surface area contributed by atoms with Gasteiger partial charge in [-0.2, -0.15) is 0 Å². The standard InChI is InChI=1S/C16H21NO4S/c1-16(2)10-21-14-7-6-12(8-13(14)16)15(18)17-22(19,20)9-11-4-3-5-11/h6-8,11H,3-5,9-10H2,1-2H3,(H,17,18). The first-order valence-corrected chi connectivity index (χ1v) is 9.24. The zero-order valence-corrected chi connectivity index (χ0v) is 13.7. The van der Waals surface area contributed by atoms with E-state index in [1.807, 2.05) is 13.8 Å². The van der Waals surface area contributed by atoms with E-state index in [2.05, 4.69) is 4.72 Å². The van der Waals surface area contributed by atoms with E-state index < -0.39 is 15.9 Å². The first-order chi connectivity index (χ1) is 10.3. The molecule has 1 fully saturated rings. The van der Waals surface area contributed by atoms with Crippen molar-refractivity contribution < 1.29 is 17.9 Å². The summed E-state index contributed by atoms with van der Waals surface area (Å²) in [6.45, 7) is 4.63. The van der Waals surface area contributed by atoms with E-state index in [0.29, 0.717) is 12.2 Å². The van der Waals surface area contributed by atoms with Crippen molar-refractivity contribution in [2.24, 2.45) is 5.92 Å². The predicted molar refractivity (Wildman–Crippen MR) is 83.6 cm³/mol. The molecule has 1 amide bonds. The fraction of sp³-hybridized carbons (Fsp3) is 0.562. The van der Waals surface area contributed by atoms with Crippen LogP contribution < -0.4 is 9.46 Å². The fourth-order valence-corrected chi connectivity index (χ4v) is 4.31. The SMILES string of the molecule is CC1(C)COc2ccc(C(=O)NS(=O)(=O)CC3CCC3)cc21. The van der Waals surface area contributed by atoms with Crippen LogP contribution in [0.2, 0.25) is 0 Å². The van der Waals surface area contributed by atoms with Gasteiger partial charge in [0.15, 0.2) is 0 Å². The van der Waals surface area contributed by atoms with Crippen molar-refractivity contribution in [2.45, 2.75) is 38.5 Å². The summed E-state index contributed by atoms with van der Waals surface area (Å²) in [5.74, 6) is 0.430. The molecule has 0 spiro atoms. The van der Waals surface area contributed by atoms with Crippen LogP contribution in [0.25, 0.3) is 0 Å². The molecule has 1 aromatic rings. The van der Waals surface area contributed by atoms with E-state index in [1.165, 1.54) is 0 Å². The molecule has 2 aliphatic rings. The number of benzene rings is 1. The lowest BCUT2D eigenvalue weighted by molar-refractivity contribution is 0.0981. The zero-order valence-electron chi connectivity index (χ0n) is 12.9. The molecule has 0 saturated heterocycles. The molecule has 0 aromatic heterocycles. The van der Waals surface area contributed by atoms with Gasteiger partial charge in [-0.25, -0.2) is 13.1 Å². The number of carbonyl (C=O) groups is 1. The summed E-state index contributed by atoms with van der Waals surface area (Å²) in [6, 6.07) is 5.07. The molecule has 5 nitrogen and oxygen atoms in total. The molecular formula is C16H21NO4S. The van der Waals surface area contributed by atoms with Gasteiger partial charge in [-0.3, -0.25) is 4.79 Å². The van der Waals surface area contributed by atoms with Crippen molar-refractivity contribution >= 4 is 15.9 Å². The van der Waals surface area contributed by atoms with E-state index in [4.69, 9.17) is 4.74 Å². The van der Waals surface area contributed by atoms with E-state index in [-0.39, 0.29) is 17.1 Å². The van der Waals surface area contributed by atoms with Gasteiger partial charge in [0, 0.05) is 16.5 Å². The number of carbonyl (C=O) groups excluding carboxylic acids is 1. The lowest BCUT2D eigenvalue weighted by Crippen LogP contribution is -2.36. The Morgan fingerprint density at radius 3 is 2.73 bits per heavy atom. The van der Waals surface area contributed by atoms with Gasteiger partial charge in [0.25, 0.3) is 5.91 Å². The van der Waals surface area contributed by atoms with Crippen LogP contribution in [0, 0.1) is 5.92 Å². The summed E-state index contributed by atoms with van der Waals surface area (Å²) in [7, 11) is -3.56. The minimum absolute atomic E-state index is 0.0400. The van der Waals surface area contributed by atoms with Crippen LogP contribution in [0.5, 0.6) is 5.75 Å². The molecule has 1 aliphatic heterocycles. The van der Waals surface area contributed by atoms with E-state index in [0.717, 1.165) is 30.6 Å². The highest BCUT2D eigenvalue weighted by molar-refractivity contribution is 7.90. The summed E-state index contributed by atoms with van der Waals surface area (Å²) in [5.41, 5.74) is 1.13. The summed E-state index contributed by atoms with van der Waals surface area (Å²) >= 11 is 0. The lowest BCUT2D eigenvalue weighted by atomic mass is 9.86. The average Bonchev–Trinajstić information content (AvgIpc) is 2.69. The quantitative estimate of drug-likeness (QED) is 0.922. The Morgan fingerprint density at radius 1 is 1.36 bits per heavy atom. The summed E-state index contributed by atoms with van der Waals surface area (Å²) in [4.78, 5) is 12.2. The van der Waals surface area contributed by atoms with Gasteiger partial charge < -0.3 is 4.74 Å². The van der Waals surface area contributed by atoms with Crippen LogP contribution in [-0.4, -0.2) is 26.7 Å². The van der Waals surface area contributed by atoms with Gasteiger partial charge in [0.05, 0.1) is 12.4 Å². The Morgan fingerprint density at radius 2 is 2.09 bits per heavy atom. The van der Waals surface area contributed by atoms with Gasteiger partial charge in [-0.05, 0) is 37.0 Å². The molecule has 0 unspecified atom stereocenters. The molecular weight excluding hydrogens is 302 g/mol. The number of sulfonamides is 1. The molecule has 1 saturated carbocycles. The number of rotatable bonds is 4. The Balaban J connectivity index is 1.75. The lowest BCUT2D eigenvalue weighted by Gasteiger charge is -2.24. The number of hydrogen-bond acceptors (Lipinski definition) is 4. The van der Waals surface area contributed by atoms with Gasteiger partial charge in [-0.15, -0.1) is 0 Å². The maximum absolute atomic E-state index is 12.2. The molecule has 0 radical (unpaired) electrons. The van der Waals surface area contributed by atoms with Crippen LogP contribution in [0.1, 0.15) is 49.0 Å². The van der Waals surface area contributed by atoms with Gasteiger partial charge in [0.2, 0.25) is 10.0 Å². The number of fused-ring (bicyclic) bond motifs is 1. The van der Waals surface area contributed by atoms with Crippen molar-refractivity contribution in [3.05, 3.63) is 29.3 Å². The summed E-state index contributed by atoms with van der Waals surface area (Å²) < 4.78 is 31.8. The van der Waals surface area contributed by atoms with Gasteiger partial charge in [0.1, 0.15) is 5.75 Å². The minimum Gasteiger partial charge on any atom is -0.492 e. The van der Waals surface area contributed by atoms with Crippen molar-refractivity contribution in [1.82, 2.24) is 4.72 Å². The van der Waals surface area contributed by atoms with E-state index >= 15 is 0 Å². The van der Waals surface area contributed by atoms with E-state index in [1.54, 1.807) is 18.2 Å². The van der Waals surface area contributed by atoms with Crippen LogP contribution in [0.3, 0.4) is 0 Å². The van der Waals surface area contributed by atoms with Crippen molar-refractivity contribution in [2.75, 3.05) is 12.4 Å². The van der Waals surface area contributed by atoms with Crippen LogP contribution in [0.15, 0.2) is 18.2 Å².